The summed E-state index contributed by atoms with van der Waals surface area (Å²) in [5, 5.41) is 0. The van der Waals surface area contributed by atoms with Crippen LogP contribution in [0, 0.1) is 5.82 Å². The van der Waals surface area contributed by atoms with Crippen LogP contribution < -0.4 is 9.08 Å². The van der Waals surface area contributed by atoms with Crippen molar-refractivity contribution in [1.82, 2.24) is 4.90 Å². The molecule has 0 saturated carbocycles. The minimum Gasteiger partial charge on any atom is -0.382 e. The van der Waals surface area contributed by atoms with E-state index in [9.17, 15) is 17.6 Å². The predicted molar refractivity (Wildman–Crippen MR) is 126 cm³/mol. The van der Waals surface area contributed by atoms with Crippen molar-refractivity contribution in [3.8, 4) is 5.75 Å². The van der Waals surface area contributed by atoms with Gasteiger partial charge < -0.3 is 18.7 Å². The molecular formula is C24H31FN2O5S. The molecule has 0 N–H and O–H groups in total. The number of hydrogen-bond donors (Lipinski definition) is 0. The highest BCUT2D eigenvalue weighted by atomic mass is 32.2. The van der Waals surface area contributed by atoms with Gasteiger partial charge in [0.15, 0.2) is 0 Å². The van der Waals surface area contributed by atoms with Gasteiger partial charge in [-0.1, -0.05) is 18.2 Å². The molecule has 1 fully saturated rings. The lowest BCUT2D eigenvalue weighted by Gasteiger charge is -2.27. The number of hydrogen-bond acceptors (Lipinski definition) is 6. The first-order valence-corrected chi connectivity index (χ1v) is 13.0. The Morgan fingerprint density at radius 1 is 1.18 bits per heavy atom. The van der Waals surface area contributed by atoms with Crippen LogP contribution in [0.15, 0.2) is 42.5 Å². The van der Waals surface area contributed by atoms with Crippen molar-refractivity contribution >= 4 is 21.7 Å². The first-order valence-electron chi connectivity index (χ1n) is 11.1. The van der Waals surface area contributed by atoms with Crippen LogP contribution in [0.3, 0.4) is 0 Å². The van der Waals surface area contributed by atoms with Crippen molar-refractivity contribution in [1.29, 1.82) is 0 Å². The molecule has 7 nitrogen and oxygen atoms in total. The number of rotatable bonds is 10. The minimum atomic E-state index is -3.80. The van der Waals surface area contributed by atoms with E-state index in [2.05, 4.69) is 4.90 Å². The second-order valence-electron chi connectivity index (χ2n) is 8.05. The zero-order chi connectivity index (χ0) is 24.0. The molecule has 180 valence electrons. The number of halogens is 1. The third-order valence-corrected chi connectivity index (χ3v) is 6.10. The monoisotopic (exact) mass is 478 g/mol. The Morgan fingerprint density at radius 3 is 2.52 bits per heavy atom. The minimum absolute atomic E-state index is 0.0409. The molecule has 1 unspecified atom stereocenters. The second kappa shape index (κ2) is 11.0. The zero-order valence-electron chi connectivity index (χ0n) is 19.3. The number of ether oxygens (including phenoxy) is 1. The molecule has 1 aliphatic heterocycles. The van der Waals surface area contributed by atoms with E-state index < -0.39 is 21.8 Å². The molecule has 1 amide bonds. The van der Waals surface area contributed by atoms with Crippen LogP contribution in [0.1, 0.15) is 42.6 Å². The normalized spacial score (nSPS) is 15.9. The standard InChI is InChI=1S/C24H31FN2O5S/c1-4-26(5-2)19-13-12-18(23(15-19)32-33(3,29)30)16-27(17-20-9-8-14-31-20)24(28)21-10-6-7-11-22(21)25/h6-7,10-13,15,20H,4-5,8-9,14,16-17H2,1-3H3. The van der Waals surface area contributed by atoms with Crippen LogP contribution in [0.2, 0.25) is 0 Å². The van der Waals surface area contributed by atoms with Gasteiger partial charge in [0.05, 0.1) is 17.9 Å². The first kappa shape index (κ1) is 25.0. The Balaban J connectivity index is 1.97. The van der Waals surface area contributed by atoms with Crippen molar-refractivity contribution < 1.29 is 26.5 Å². The predicted octanol–water partition coefficient (Wildman–Crippen LogP) is 3.83. The van der Waals surface area contributed by atoms with Crippen LogP contribution >= 0.6 is 0 Å². The molecule has 1 heterocycles. The second-order valence-corrected chi connectivity index (χ2v) is 9.63. The average Bonchev–Trinajstić information content (AvgIpc) is 3.27. The number of carbonyl (C=O) groups is 1. The third kappa shape index (κ3) is 6.68. The van der Waals surface area contributed by atoms with Crippen LogP contribution in [-0.4, -0.2) is 57.8 Å². The van der Waals surface area contributed by atoms with E-state index in [0.717, 1.165) is 37.9 Å². The molecule has 0 spiro atoms. The van der Waals surface area contributed by atoms with Crippen molar-refractivity contribution in [3.05, 3.63) is 59.4 Å². The summed E-state index contributed by atoms with van der Waals surface area (Å²) in [6, 6.07) is 11.1. The number of carbonyl (C=O) groups excluding carboxylic acids is 1. The fourth-order valence-electron chi connectivity index (χ4n) is 3.96. The highest BCUT2D eigenvalue weighted by Gasteiger charge is 2.26. The number of amides is 1. The maximum absolute atomic E-state index is 14.4. The lowest BCUT2D eigenvalue weighted by Crippen LogP contribution is -2.37. The summed E-state index contributed by atoms with van der Waals surface area (Å²) < 4.78 is 49.3. The highest BCUT2D eigenvalue weighted by molar-refractivity contribution is 7.86. The number of anilines is 1. The molecule has 1 saturated heterocycles. The van der Waals surface area contributed by atoms with Gasteiger partial charge >= 0.3 is 10.1 Å². The summed E-state index contributed by atoms with van der Waals surface area (Å²) in [4.78, 5) is 16.8. The molecule has 0 bridgehead atoms. The van der Waals surface area contributed by atoms with Gasteiger partial charge in [0, 0.05) is 50.1 Å². The fourth-order valence-corrected chi connectivity index (χ4v) is 4.45. The maximum Gasteiger partial charge on any atom is 0.306 e. The molecule has 33 heavy (non-hydrogen) atoms. The molecule has 3 rings (SSSR count). The summed E-state index contributed by atoms with van der Waals surface area (Å²) in [6.07, 6.45) is 2.52. The van der Waals surface area contributed by atoms with Crippen LogP contribution in [0.4, 0.5) is 10.1 Å². The van der Waals surface area contributed by atoms with Crippen LogP contribution in [0.25, 0.3) is 0 Å². The molecule has 0 radical (unpaired) electrons. The largest absolute Gasteiger partial charge is 0.382 e. The quantitative estimate of drug-likeness (QED) is 0.483. The molecule has 1 aliphatic rings. The molecule has 1 atom stereocenters. The molecule has 2 aromatic carbocycles. The van der Waals surface area contributed by atoms with Crippen LogP contribution in [0.5, 0.6) is 5.75 Å². The summed E-state index contributed by atoms with van der Waals surface area (Å²) in [6.45, 7) is 6.43. The Bertz CT molecular complexity index is 1070. The van der Waals surface area contributed by atoms with Gasteiger partial charge in [-0.2, -0.15) is 8.42 Å². The fraction of sp³-hybridized carbons (Fsp3) is 0.458. The average molecular weight is 479 g/mol. The van der Waals surface area contributed by atoms with E-state index in [4.69, 9.17) is 8.92 Å². The first-order chi connectivity index (χ1) is 15.7. The van der Waals surface area contributed by atoms with Gasteiger partial charge in [-0.15, -0.1) is 0 Å². The SMILES string of the molecule is CCN(CC)c1ccc(CN(CC2CCCO2)C(=O)c2ccccc2F)c(OS(C)(=O)=O)c1. The lowest BCUT2D eigenvalue weighted by atomic mass is 10.1. The van der Waals surface area contributed by atoms with E-state index in [1.54, 1.807) is 18.2 Å². The van der Waals surface area contributed by atoms with Gasteiger partial charge in [0.2, 0.25) is 0 Å². The Hall–Kier alpha value is -2.65. The molecule has 0 aliphatic carbocycles. The highest BCUT2D eigenvalue weighted by Crippen LogP contribution is 2.29. The van der Waals surface area contributed by atoms with E-state index >= 15 is 0 Å². The third-order valence-electron chi connectivity index (χ3n) is 5.62. The van der Waals surface area contributed by atoms with Gasteiger partial charge in [0.25, 0.3) is 5.91 Å². The lowest BCUT2D eigenvalue weighted by molar-refractivity contribution is 0.0503. The zero-order valence-corrected chi connectivity index (χ0v) is 20.1. The topological polar surface area (TPSA) is 76.2 Å². The van der Waals surface area contributed by atoms with Gasteiger partial charge in [-0.05, 0) is 44.9 Å². The van der Waals surface area contributed by atoms with Crippen molar-refractivity contribution in [2.45, 2.75) is 39.3 Å². The maximum atomic E-state index is 14.4. The summed E-state index contributed by atoms with van der Waals surface area (Å²) in [5.41, 5.74) is 1.29. The van der Waals surface area contributed by atoms with Crippen molar-refractivity contribution in [3.63, 3.8) is 0 Å². The Morgan fingerprint density at radius 2 is 1.91 bits per heavy atom. The van der Waals surface area contributed by atoms with E-state index in [1.165, 1.54) is 23.1 Å². The Kier molecular flexibility index (Phi) is 8.31. The van der Waals surface area contributed by atoms with Gasteiger partial charge in [-0.25, -0.2) is 4.39 Å². The summed E-state index contributed by atoms with van der Waals surface area (Å²) >= 11 is 0. The van der Waals surface area contributed by atoms with Crippen molar-refractivity contribution in [2.24, 2.45) is 0 Å². The molecule has 9 heteroatoms. The molecule has 0 aromatic heterocycles. The van der Waals surface area contributed by atoms with E-state index in [1.807, 2.05) is 19.9 Å². The van der Waals surface area contributed by atoms with Crippen molar-refractivity contribution in [2.75, 3.05) is 37.4 Å². The van der Waals surface area contributed by atoms with E-state index in [0.29, 0.717) is 12.2 Å². The summed E-state index contributed by atoms with van der Waals surface area (Å²) in [7, 11) is -3.80. The smallest absolute Gasteiger partial charge is 0.306 e. The molecular weight excluding hydrogens is 447 g/mol. The Labute approximate surface area is 195 Å². The van der Waals surface area contributed by atoms with E-state index in [-0.39, 0.29) is 30.5 Å². The van der Waals surface area contributed by atoms with Crippen LogP contribution in [-0.2, 0) is 21.4 Å². The summed E-state index contributed by atoms with van der Waals surface area (Å²) in [5.74, 6) is -0.938. The van der Waals surface area contributed by atoms with Gasteiger partial charge in [0.1, 0.15) is 11.6 Å². The van der Waals surface area contributed by atoms with Gasteiger partial charge in [-0.3, -0.25) is 4.79 Å². The molecule has 2 aromatic rings. The number of benzene rings is 2. The number of nitrogens with zero attached hydrogens (tertiary/aromatic N) is 2.